The molecule has 2 unspecified atom stereocenters. The number of nitrogens with zero attached hydrogens (tertiary/aromatic N) is 1. The van der Waals surface area contributed by atoms with Crippen LogP contribution in [0.15, 0.2) is 27.8 Å². The zero-order valence-electron chi connectivity index (χ0n) is 9.93. The summed E-state index contributed by atoms with van der Waals surface area (Å²) in [4.78, 5) is 15.7. The molecule has 1 heterocycles. The lowest BCUT2D eigenvalue weighted by atomic mass is 9.82. The second-order valence-corrected chi connectivity index (χ2v) is 6.79. The summed E-state index contributed by atoms with van der Waals surface area (Å²) >= 11 is 5.14. The van der Waals surface area contributed by atoms with Crippen LogP contribution in [0.5, 0.6) is 0 Å². The van der Waals surface area contributed by atoms with Crippen LogP contribution in [0.25, 0.3) is 0 Å². The smallest absolute Gasteiger partial charge is 0.237 e. The molecule has 1 fully saturated rings. The van der Waals surface area contributed by atoms with Gasteiger partial charge in [-0.1, -0.05) is 0 Å². The monoisotopic (exact) mass is 329 g/mol. The van der Waals surface area contributed by atoms with Crippen LogP contribution in [-0.4, -0.2) is 21.7 Å². The molecule has 6 heteroatoms. The van der Waals surface area contributed by atoms with E-state index >= 15 is 0 Å². The van der Waals surface area contributed by atoms with Gasteiger partial charge in [-0.2, -0.15) is 0 Å². The van der Waals surface area contributed by atoms with E-state index in [-0.39, 0.29) is 0 Å². The van der Waals surface area contributed by atoms with Crippen LogP contribution < -0.4 is 11.5 Å². The van der Waals surface area contributed by atoms with Gasteiger partial charge in [0.05, 0.1) is 5.54 Å². The molecular weight excluding hydrogens is 314 g/mol. The third-order valence-corrected chi connectivity index (χ3v) is 5.42. The van der Waals surface area contributed by atoms with Gasteiger partial charge in [0.15, 0.2) is 0 Å². The highest BCUT2D eigenvalue weighted by molar-refractivity contribution is 9.10. The molecule has 98 valence electrons. The number of rotatable bonds is 3. The van der Waals surface area contributed by atoms with Crippen molar-refractivity contribution in [3.8, 4) is 0 Å². The largest absolute Gasteiger partial charge is 0.368 e. The summed E-state index contributed by atoms with van der Waals surface area (Å²) in [6, 6.07) is 3.84. The molecule has 0 saturated heterocycles. The van der Waals surface area contributed by atoms with Crippen molar-refractivity contribution in [2.75, 3.05) is 0 Å². The van der Waals surface area contributed by atoms with E-state index in [2.05, 4.69) is 20.9 Å². The molecule has 1 aliphatic rings. The molecule has 4 nitrogen and oxygen atoms in total. The Morgan fingerprint density at radius 3 is 3.06 bits per heavy atom. The average Bonchev–Trinajstić information content (AvgIpc) is 2.32. The summed E-state index contributed by atoms with van der Waals surface area (Å²) in [5.74, 6) is -0.395. The first-order chi connectivity index (χ1) is 8.51. The van der Waals surface area contributed by atoms with Crippen LogP contribution in [-0.2, 0) is 4.79 Å². The zero-order valence-corrected chi connectivity index (χ0v) is 12.3. The van der Waals surface area contributed by atoms with Crippen LogP contribution in [0.1, 0.15) is 25.7 Å². The standard InChI is InChI=1S/C12H16BrN3OS/c13-9-4-2-6-16-10(9)18-8-3-1-5-12(15,7-8)11(14)17/h2,4,6,8H,1,3,5,7,15H2,(H2,14,17). The average molecular weight is 330 g/mol. The number of carbonyl (C=O) groups is 1. The Hall–Kier alpha value is -0.590. The minimum absolute atomic E-state index is 0.294. The van der Waals surface area contributed by atoms with Gasteiger partial charge >= 0.3 is 0 Å². The van der Waals surface area contributed by atoms with Gasteiger partial charge in [0, 0.05) is 15.9 Å². The topological polar surface area (TPSA) is 82.0 Å². The number of hydrogen-bond acceptors (Lipinski definition) is 4. The molecular formula is C12H16BrN3OS. The summed E-state index contributed by atoms with van der Waals surface area (Å²) in [7, 11) is 0. The number of pyridine rings is 1. The molecule has 1 aromatic rings. The first kappa shape index (κ1) is 13.8. The summed E-state index contributed by atoms with van der Waals surface area (Å²) < 4.78 is 0.974. The molecule has 0 spiro atoms. The highest BCUT2D eigenvalue weighted by Crippen LogP contribution is 2.38. The number of aromatic nitrogens is 1. The number of hydrogen-bond donors (Lipinski definition) is 2. The van der Waals surface area contributed by atoms with Crippen molar-refractivity contribution < 1.29 is 4.79 Å². The summed E-state index contributed by atoms with van der Waals surface area (Å²) in [6.07, 6.45) is 5.04. The molecule has 2 atom stereocenters. The Morgan fingerprint density at radius 2 is 2.39 bits per heavy atom. The van der Waals surface area contributed by atoms with Crippen LogP contribution in [0.2, 0.25) is 0 Å². The van der Waals surface area contributed by atoms with Gasteiger partial charge < -0.3 is 11.5 Å². The second kappa shape index (κ2) is 5.59. The van der Waals surface area contributed by atoms with Gasteiger partial charge in [-0.3, -0.25) is 4.79 Å². The SMILES string of the molecule is NC(=O)C1(N)CCCC(Sc2ncccc2Br)C1. The molecule has 0 aliphatic heterocycles. The van der Waals surface area contributed by atoms with E-state index in [1.165, 1.54) is 0 Å². The van der Waals surface area contributed by atoms with Gasteiger partial charge in [-0.05, 0) is 53.7 Å². The maximum atomic E-state index is 11.4. The number of primary amides is 1. The minimum atomic E-state index is -0.850. The number of nitrogens with two attached hydrogens (primary N) is 2. The van der Waals surface area contributed by atoms with Gasteiger partial charge in [0.2, 0.25) is 5.91 Å². The minimum Gasteiger partial charge on any atom is -0.368 e. The molecule has 4 N–H and O–H groups in total. The maximum Gasteiger partial charge on any atom is 0.237 e. The molecule has 2 rings (SSSR count). The van der Waals surface area contributed by atoms with E-state index in [1.54, 1.807) is 18.0 Å². The zero-order chi connectivity index (χ0) is 13.2. The highest BCUT2D eigenvalue weighted by atomic mass is 79.9. The van der Waals surface area contributed by atoms with Crippen LogP contribution in [0.3, 0.4) is 0 Å². The van der Waals surface area contributed by atoms with Gasteiger partial charge in [-0.15, -0.1) is 11.8 Å². The van der Waals surface area contributed by atoms with Crippen molar-refractivity contribution in [1.82, 2.24) is 4.98 Å². The van der Waals surface area contributed by atoms with E-state index < -0.39 is 11.4 Å². The van der Waals surface area contributed by atoms with Crippen molar-refractivity contribution in [3.63, 3.8) is 0 Å². The molecule has 18 heavy (non-hydrogen) atoms. The lowest BCUT2D eigenvalue weighted by Gasteiger charge is -2.34. The van der Waals surface area contributed by atoms with Gasteiger partial charge in [0.25, 0.3) is 0 Å². The predicted molar refractivity (Wildman–Crippen MR) is 76.2 cm³/mol. The Kier molecular flexibility index (Phi) is 4.29. The van der Waals surface area contributed by atoms with Crippen molar-refractivity contribution >= 4 is 33.6 Å². The predicted octanol–water partition coefficient (Wildman–Crippen LogP) is 2.06. The lowest BCUT2D eigenvalue weighted by molar-refractivity contribution is -0.124. The van der Waals surface area contributed by atoms with Gasteiger partial charge in [0.1, 0.15) is 5.03 Å². The van der Waals surface area contributed by atoms with Crippen LogP contribution in [0, 0.1) is 0 Å². The molecule has 1 aliphatic carbocycles. The molecule has 1 aromatic heterocycles. The van der Waals surface area contributed by atoms with E-state index in [1.807, 2.05) is 12.1 Å². The number of halogens is 1. The molecule has 1 saturated carbocycles. The Morgan fingerprint density at radius 1 is 1.61 bits per heavy atom. The van der Waals surface area contributed by atoms with Crippen LogP contribution >= 0.6 is 27.7 Å². The van der Waals surface area contributed by atoms with Crippen molar-refractivity contribution in [1.29, 1.82) is 0 Å². The molecule has 0 aromatic carbocycles. The van der Waals surface area contributed by atoms with Crippen molar-refractivity contribution in [2.24, 2.45) is 11.5 Å². The van der Waals surface area contributed by atoms with E-state index in [4.69, 9.17) is 11.5 Å². The van der Waals surface area contributed by atoms with E-state index in [0.29, 0.717) is 18.1 Å². The summed E-state index contributed by atoms with van der Waals surface area (Å²) in [5, 5.41) is 1.23. The normalized spacial score (nSPS) is 28.0. The van der Waals surface area contributed by atoms with Gasteiger partial charge in [-0.25, -0.2) is 4.98 Å². The number of amides is 1. The fraction of sp³-hybridized carbons (Fsp3) is 0.500. The van der Waals surface area contributed by atoms with Crippen molar-refractivity contribution in [2.45, 2.75) is 41.5 Å². The Labute approximate surface area is 119 Å². The Balaban J connectivity index is 2.07. The molecule has 0 bridgehead atoms. The number of carbonyl (C=O) groups excluding carboxylic acids is 1. The third-order valence-electron chi connectivity index (χ3n) is 3.23. The van der Waals surface area contributed by atoms with E-state index in [0.717, 1.165) is 22.3 Å². The quantitative estimate of drug-likeness (QED) is 0.889. The van der Waals surface area contributed by atoms with Crippen molar-refractivity contribution in [3.05, 3.63) is 22.8 Å². The summed E-state index contributed by atoms with van der Waals surface area (Å²) in [5.41, 5.74) is 10.6. The third kappa shape index (κ3) is 3.05. The Bertz CT molecular complexity index is 457. The molecule has 1 amide bonds. The second-order valence-electron chi connectivity index (χ2n) is 4.65. The maximum absolute atomic E-state index is 11.4. The van der Waals surface area contributed by atoms with Crippen LogP contribution in [0.4, 0.5) is 0 Å². The lowest BCUT2D eigenvalue weighted by Crippen LogP contribution is -2.55. The molecule has 0 radical (unpaired) electrons. The fourth-order valence-corrected chi connectivity index (χ4v) is 4.01. The van der Waals surface area contributed by atoms with E-state index in [9.17, 15) is 4.79 Å². The first-order valence-electron chi connectivity index (χ1n) is 5.87. The highest BCUT2D eigenvalue weighted by Gasteiger charge is 2.38. The fourth-order valence-electron chi connectivity index (χ4n) is 2.20. The first-order valence-corrected chi connectivity index (χ1v) is 7.54. The summed E-state index contributed by atoms with van der Waals surface area (Å²) in [6.45, 7) is 0. The number of thioether (sulfide) groups is 1.